The number of nitrogens with two attached hydrogens (primary N) is 1. The number of alkyl halides is 3. The zero-order valence-electron chi connectivity index (χ0n) is 15.7. The summed E-state index contributed by atoms with van der Waals surface area (Å²) in [6.07, 6.45) is -4.51. The molecular weight excluding hydrogens is 371 g/mol. The number of hydrogen-bond donors (Lipinski definition) is 1. The summed E-state index contributed by atoms with van der Waals surface area (Å²) >= 11 is 0. The summed E-state index contributed by atoms with van der Waals surface area (Å²) < 4.78 is 46.4. The number of fused-ring (bicyclic) bond motifs is 1. The Morgan fingerprint density at radius 3 is 2.25 bits per heavy atom. The summed E-state index contributed by atoms with van der Waals surface area (Å²) in [7, 11) is 0. The van der Waals surface area contributed by atoms with E-state index in [1.165, 1.54) is 6.07 Å². The molecule has 0 amide bonds. The van der Waals surface area contributed by atoms with E-state index in [0.29, 0.717) is 48.9 Å². The van der Waals surface area contributed by atoms with Crippen molar-refractivity contribution in [3.05, 3.63) is 42.1 Å². The van der Waals surface area contributed by atoms with Crippen LogP contribution in [0.3, 0.4) is 0 Å². The number of rotatable bonds is 2. The normalized spacial score (nSPS) is 14.7. The van der Waals surface area contributed by atoms with E-state index >= 15 is 0 Å². The number of morpholine rings is 1. The highest BCUT2D eigenvalue weighted by atomic mass is 19.4. The van der Waals surface area contributed by atoms with Crippen LogP contribution in [0.1, 0.15) is 19.5 Å². The van der Waals surface area contributed by atoms with Crippen molar-refractivity contribution >= 4 is 17.0 Å². The van der Waals surface area contributed by atoms with Crippen molar-refractivity contribution in [2.45, 2.75) is 20.0 Å². The minimum atomic E-state index is -4.51. The summed E-state index contributed by atoms with van der Waals surface area (Å²) in [4.78, 5) is 6.47. The number of nitrogens with zero attached hydrogens (tertiary/aromatic N) is 4. The lowest BCUT2D eigenvalue weighted by atomic mass is 10.2. The molecule has 0 bridgehead atoms. The van der Waals surface area contributed by atoms with Crippen molar-refractivity contribution in [3.63, 3.8) is 0 Å². The van der Waals surface area contributed by atoms with Crippen LogP contribution in [0.25, 0.3) is 16.9 Å². The maximum absolute atomic E-state index is 13.4. The van der Waals surface area contributed by atoms with Crippen molar-refractivity contribution in [3.8, 4) is 11.4 Å². The first kappa shape index (κ1) is 19.9. The average molecular weight is 393 g/mol. The van der Waals surface area contributed by atoms with E-state index in [0.717, 1.165) is 10.6 Å². The molecule has 2 N–H and O–H groups in total. The molecule has 1 aliphatic rings. The van der Waals surface area contributed by atoms with Gasteiger partial charge in [-0.2, -0.15) is 13.2 Å². The molecular formula is C19H22F3N5O. The second kappa shape index (κ2) is 8.05. The molecule has 0 aliphatic carbocycles. The molecule has 150 valence electrons. The summed E-state index contributed by atoms with van der Waals surface area (Å²) in [5.74, 6) is 0.673. The molecule has 9 heteroatoms. The number of ether oxygens (including phenoxy) is 1. The van der Waals surface area contributed by atoms with Gasteiger partial charge in [-0.1, -0.05) is 13.8 Å². The smallest absolute Gasteiger partial charge is 0.399 e. The second-order valence-electron chi connectivity index (χ2n) is 5.99. The fourth-order valence-electron chi connectivity index (χ4n) is 2.96. The second-order valence-corrected chi connectivity index (χ2v) is 5.99. The fraction of sp³-hybridized carbons (Fsp3) is 0.368. The molecule has 1 aromatic carbocycles. The van der Waals surface area contributed by atoms with Crippen molar-refractivity contribution in [2.75, 3.05) is 36.9 Å². The number of nitrogen functional groups attached to an aromatic ring is 1. The third kappa shape index (κ3) is 3.89. The lowest BCUT2D eigenvalue weighted by molar-refractivity contribution is -0.142. The van der Waals surface area contributed by atoms with Gasteiger partial charge in [0, 0.05) is 24.3 Å². The van der Waals surface area contributed by atoms with Crippen molar-refractivity contribution in [2.24, 2.45) is 0 Å². The van der Waals surface area contributed by atoms with Gasteiger partial charge in [0.15, 0.2) is 11.6 Å². The van der Waals surface area contributed by atoms with Crippen molar-refractivity contribution < 1.29 is 17.9 Å². The van der Waals surface area contributed by atoms with Gasteiger partial charge in [0.2, 0.25) is 0 Å². The fourth-order valence-corrected chi connectivity index (χ4v) is 2.96. The van der Waals surface area contributed by atoms with Gasteiger partial charge in [-0.25, -0.2) is 9.50 Å². The molecule has 0 saturated carbocycles. The lowest BCUT2D eigenvalue weighted by Gasteiger charge is -2.28. The summed E-state index contributed by atoms with van der Waals surface area (Å²) in [5, 5.41) is 4.14. The van der Waals surface area contributed by atoms with Gasteiger partial charge in [0.1, 0.15) is 11.2 Å². The highest BCUT2D eigenvalue weighted by molar-refractivity contribution is 5.73. The standard InChI is InChI=1S/C17H16F3N5O.C2H6/c18-17(19,20)14-6-5-13-16(24-7-9-26-10-8-24)22-15(23-25(13)14)11-1-3-12(21)4-2-11;1-2/h1-6H,7-10,21H2;1-2H3. The zero-order valence-corrected chi connectivity index (χ0v) is 15.7. The van der Waals surface area contributed by atoms with E-state index in [4.69, 9.17) is 10.5 Å². The van der Waals surface area contributed by atoms with Gasteiger partial charge in [-0.15, -0.1) is 5.10 Å². The maximum Gasteiger partial charge on any atom is 0.433 e. The molecule has 1 fully saturated rings. The van der Waals surface area contributed by atoms with E-state index < -0.39 is 11.9 Å². The van der Waals surface area contributed by atoms with Crippen LogP contribution in [0.5, 0.6) is 0 Å². The van der Waals surface area contributed by atoms with E-state index in [-0.39, 0.29) is 5.82 Å². The minimum absolute atomic E-state index is 0.209. The highest BCUT2D eigenvalue weighted by Gasteiger charge is 2.35. The molecule has 3 aromatic rings. The Bertz CT molecular complexity index is 931. The maximum atomic E-state index is 13.4. The molecule has 4 rings (SSSR count). The first-order valence-electron chi connectivity index (χ1n) is 9.09. The molecule has 1 saturated heterocycles. The van der Waals surface area contributed by atoms with Crippen LogP contribution in [0.2, 0.25) is 0 Å². The van der Waals surface area contributed by atoms with E-state index in [9.17, 15) is 13.2 Å². The van der Waals surface area contributed by atoms with Gasteiger partial charge < -0.3 is 15.4 Å². The quantitative estimate of drug-likeness (QED) is 0.670. The number of halogens is 3. The van der Waals surface area contributed by atoms with Crippen LogP contribution < -0.4 is 10.6 Å². The molecule has 3 heterocycles. The zero-order chi connectivity index (χ0) is 20.3. The highest BCUT2D eigenvalue weighted by Crippen LogP contribution is 2.33. The first-order chi connectivity index (χ1) is 13.4. The Kier molecular flexibility index (Phi) is 5.73. The molecule has 0 spiro atoms. The predicted octanol–water partition coefficient (Wildman–Crippen LogP) is 3.86. The molecule has 2 aromatic heterocycles. The third-order valence-electron chi connectivity index (χ3n) is 4.26. The Hall–Kier alpha value is -2.81. The summed E-state index contributed by atoms with van der Waals surface area (Å²) in [6.45, 7) is 6.11. The van der Waals surface area contributed by atoms with E-state index in [1.54, 1.807) is 24.3 Å². The number of aromatic nitrogens is 3. The largest absolute Gasteiger partial charge is 0.433 e. The Morgan fingerprint density at radius 1 is 1.00 bits per heavy atom. The van der Waals surface area contributed by atoms with Crippen LogP contribution in [-0.2, 0) is 10.9 Å². The van der Waals surface area contributed by atoms with Gasteiger partial charge in [-0.05, 0) is 36.4 Å². The average Bonchev–Trinajstić information content (AvgIpc) is 3.14. The lowest BCUT2D eigenvalue weighted by Crippen LogP contribution is -2.37. The molecule has 28 heavy (non-hydrogen) atoms. The van der Waals surface area contributed by atoms with Gasteiger partial charge in [0.05, 0.1) is 13.2 Å². The number of benzene rings is 1. The SMILES string of the molecule is CC.Nc1ccc(-c2nc(N3CCOCC3)c3ccc(C(F)(F)F)n3n2)cc1. The van der Waals surface area contributed by atoms with Gasteiger partial charge >= 0.3 is 6.18 Å². The van der Waals surface area contributed by atoms with E-state index in [1.807, 2.05) is 18.7 Å². The molecule has 6 nitrogen and oxygen atoms in total. The van der Waals surface area contributed by atoms with Gasteiger partial charge in [-0.3, -0.25) is 0 Å². The third-order valence-corrected chi connectivity index (χ3v) is 4.26. The topological polar surface area (TPSA) is 68.7 Å². The molecule has 0 atom stereocenters. The van der Waals surface area contributed by atoms with Gasteiger partial charge in [0.25, 0.3) is 0 Å². The monoisotopic (exact) mass is 393 g/mol. The molecule has 1 aliphatic heterocycles. The Morgan fingerprint density at radius 2 is 1.64 bits per heavy atom. The Balaban J connectivity index is 0.00000109. The predicted molar refractivity (Wildman–Crippen MR) is 102 cm³/mol. The molecule has 0 unspecified atom stereocenters. The van der Waals surface area contributed by atoms with Crippen molar-refractivity contribution in [1.82, 2.24) is 14.6 Å². The summed E-state index contributed by atoms with van der Waals surface area (Å²) in [5.41, 5.74) is 6.33. The van der Waals surface area contributed by atoms with Crippen LogP contribution in [0.4, 0.5) is 24.7 Å². The van der Waals surface area contributed by atoms with Crippen molar-refractivity contribution in [1.29, 1.82) is 0 Å². The van der Waals surface area contributed by atoms with Crippen LogP contribution in [0.15, 0.2) is 36.4 Å². The van der Waals surface area contributed by atoms with Crippen LogP contribution in [0, 0.1) is 0 Å². The van der Waals surface area contributed by atoms with Crippen LogP contribution >= 0.6 is 0 Å². The van der Waals surface area contributed by atoms with E-state index in [2.05, 4.69) is 10.1 Å². The Labute approximate surface area is 160 Å². The van der Waals surface area contributed by atoms with Crippen LogP contribution in [-0.4, -0.2) is 40.9 Å². The molecule has 0 radical (unpaired) electrons. The number of anilines is 2. The minimum Gasteiger partial charge on any atom is -0.399 e. The summed E-state index contributed by atoms with van der Waals surface area (Å²) in [6, 6.07) is 9.14. The number of hydrogen-bond acceptors (Lipinski definition) is 5. The first-order valence-corrected chi connectivity index (χ1v) is 9.09.